The minimum absolute atomic E-state index is 0.150. The molecule has 0 unspecified atom stereocenters. The highest BCUT2D eigenvalue weighted by Crippen LogP contribution is 2.20. The zero-order valence-electron chi connectivity index (χ0n) is 24.1. The van der Waals surface area contributed by atoms with Gasteiger partial charge in [-0.15, -0.1) is 0 Å². The molecule has 1 aliphatic heterocycles. The lowest BCUT2D eigenvalue weighted by atomic mass is 9.95. The number of aromatic amines is 1. The van der Waals surface area contributed by atoms with Gasteiger partial charge in [-0.2, -0.15) is 0 Å². The maximum Gasteiger partial charge on any atom is 0.269 e. The second kappa shape index (κ2) is 15.1. The number of hydrogen-bond acceptors (Lipinski definition) is 6. The van der Waals surface area contributed by atoms with E-state index in [1.54, 1.807) is 6.07 Å². The van der Waals surface area contributed by atoms with Gasteiger partial charge in [0.05, 0.1) is 31.9 Å². The molecule has 9 nitrogen and oxygen atoms in total. The summed E-state index contributed by atoms with van der Waals surface area (Å²) in [5.74, 6) is -0.179. The van der Waals surface area contributed by atoms with E-state index in [4.69, 9.17) is 4.74 Å². The molecule has 1 aromatic carbocycles. The largest absolute Gasteiger partial charge is 0.385 e. The molecule has 0 radical (unpaired) electrons. The number of anilines is 1. The van der Waals surface area contributed by atoms with Crippen LogP contribution < -0.4 is 16.2 Å². The number of carbonyl (C=O) groups is 1. The topological polar surface area (TPSA) is 94.6 Å². The summed E-state index contributed by atoms with van der Waals surface area (Å²) in [6.45, 7) is 11.8. The summed E-state index contributed by atoms with van der Waals surface area (Å²) in [4.78, 5) is 29.8. The monoisotopic (exact) mass is 528 g/mol. The Morgan fingerprint density at radius 3 is 2.45 bits per heavy atom. The quantitative estimate of drug-likeness (QED) is 0.462. The number of nitrogens with one attached hydrogen (secondary N) is 3. The molecule has 1 aromatic heterocycles. The average Bonchev–Trinajstić information content (AvgIpc) is 3.20. The predicted octanol–water partition coefficient (Wildman–Crippen LogP) is 3.37. The van der Waals surface area contributed by atoms with Gasteiger partial charge in [0.2, 0.25) is 0 Å². The number of carbonyl (C=O) groups excluding carboxylic acids is 1. The number of hydrogen-bond donors (Lipinski definition) is 3. The van der Waals surface area contributed by atoms with Crippen LogP contribution in [0, 0.1) is 13.8 Å². The van der Waals surface area contributed by atoms with E-state index in [-0.39, 0.29) is 18.0 Å². The predicted molar refractivity (Wildman–Crippen MR) is 154 cm³/mol. The third kappa shape index (κ3) is 8.44. The van der Waals surface area contributed by atoms with Crippen LogP contribution in [-0.4, -0.2) is 85.0 Å². The number of nitrogens with zero attached hydrogens (tertiary/aromatic N) is 3. The maximum absolute atomic E-state index is 12.7. The second-order valence-corrected chi connectivity index (χ2v) is 10.6. The number of ether oxygens (including phenoxy) is 1. The molecule has 2 fully saturated rings. The Morgan fingerprint density at radius 2 is 1.82 bits per heavy atom. The summed E-state index contributed by atoms with van der Waals surface area (Å²) < 4.78 is 7.24. The molecule has 0 bridgehead atoms. The second-order valence-electron chi connectivity index (χ2n) is 10.6. The minimum Gasteiger partial charge on any atom is -0.385 e. The van der Waals surface area contributed by atoms with Crippen molar-refractivity contribution in [3.8, 4) is 0 Å². The number of morpholine rings is 1. The van der Waals surface area contributed by atoms with Crippen LogP contribution in [0.15, 0.2) is 23.0 Å². The molecule has 0 atom stereocenters. The number of rotatable bonds is 9. The van der Waals surface area contributed by atoms with E-state index in [1.165, 1.54) is 32.1 Å². The average molecular weight is 529 g/mol. The lowest BCUT2D eigenvalue weighted by Gasteiger charge is -2.27. The molecule has 2 aliphatic rings. The zero-order chi connectivity index (χ0) is 27.5. The van der Waals surface area contributed by atoms with Crippen molar-refractivity contribution in [1.82, 2.24) is 24.9 Å². The van der Waals surface area contributed by atoms with Crippen molar-refractivity contribution in [2.24, 2.45) is 0 Å². The Kier molecular flexibility index (Phi) is 11.9. The van der Waals surface area contributed by atoms with E-state index >= 15 is 0 Å². The minimum atomic E-state index is -0.179. The van der Waals surface area contributed by atoms with Gasteiger partial charge in [-0.3, -0.25) is 24.3 Å². The van der Waals surface area contributed by atoms with Crippen molar-refractivity contribution in [1.29, 1.82) is 0 Å². The first-order chi connectivity index (χ1) is 18.3. The van der Waals surface area contributed by atoms with E-state index in [2.05, 4.69) is 39.6 Å². The van der Waals surface area contributed by atoms with E-state index in [0.717, 1.165) is 62.4 Å². The summed E-state index contributed by atoms with van der Waals surface area (Å²) in [6, 6.07) is 6.51. The van der Waals surface area contributed by atoms with Crippen molar-refractivity contribution in [3.63, 3.8) is 0 Å². The Morgan fingerprint density at radius 1 is 1.11 bits per heavy atom. The van der Waals surface area contributed by atoms with E-state index < -0.39 is 0 Å². The zero-order valence-corrected chi connectivity index (χ0v) is 24.1. The molecule has 1 saturated carbocycles. The summed E-state index contributed by atoms with van der Waals surface area (Å²) >= 11 is 0. The van der Waals surface area contributed by atoms with E-state index in [0.29, 0.717) is 17.7 Å². The van der Waals surface area contributed by atoms with Crippen LogP contribution in [-0.2, 0) is 17.8 Å². The van der Waals surface area contributed by atoms with Gasteiger partial charge in [-0.1, -0.05) is 25.3 Å². The molecule has 38 heavy (non-hydrogen) atoms. The molecular weight excluding hydrogens is 480 g/mol. The molecule has 1 amide bonds. The molecule has 2 aromatic rings. The number of H-pyrrole nitrogens is 1. The van der Waals surface area contributed by atoms with Gasteiger partial charge in [-0.25, -0.2) is 0 Å². The SMILES string of the molecule is CCNc1cccc(C(=O)NCc2c(C)n(CCN3CCOCC3)[nH]c2=O)c1C.CN(C)C1CCCCC1. The Balaban J connectivity index is 0.000000375. The van der Waals surface area contributed by atoms with Gasteiger partial charge in [0.15, 0.2) is 0 Å². The first kappa shape index (κ1) is 29.9. The van der Waals surface area contributed by atoms with Crippen LogP contribution >= 0.6 is 0 Å². The summed E-state index contributed by atoms with van der Waals surface area (Å²) in [5, 5.41) is 9.05. The Labute approximate surface area is 227 Å². The molecule has 2 heterocycles. The third-order valence-corrected chi connectivity index (χ3v) is 7.77. The maximum atomic E-state index is 12.7. The standard InChI is InChI=1S/C21H31N5O3.C8H17N/c1-4-22-19-7-5-6-17(15(19)2)20(27)23-14-18-16(3)26(24-21(18)28)9-8-25-10-12-29-13-11-25;1-9(2)8-6-4-3-5-7-8/h5-7,22H,4,8-14H2,1-3H3,(H,23,27)(H,24,28);8H,3-7H2,1-2H3. The fraction of sp³-hybridized carbons (Fsp3) is 0.655. The van der Waals surface area contributed by atoms with Crippen molar-refractivity contribution < 1.29 is 9.53 Å². The molecule has 212 valence electrons. The molecule has 1 saturated heterocycles. The van der Waals surface area contributed by atoms with E-state index in [9.17, 15) is 9.59 Å². The van der Waals surface area contributed by atoms with Gasteiger partial charge in [-0.05, 0) is 65.4 Å². The van der Waals surface area contributed by atoms with Crippen LogP contribution in [0.2, 0.25) is 0 Å². The summed E-state index contributed by atoms with van der Waals surface area (Å²) in [7, 11) is 4.38. The van der Waals surface area contributed by atoms with Gasteiger partial charge >= 0.3 is 0 Å². The van der Waals surface area contributed by atoms with Gasteiger partial charge in [0.25, 0.3) is 11.5 Å². The molecule has 1 aliphatic carbocycles. The lowest BCUT2D eigenvalue weighted by molar-refractivity contribution is 0.0359. The van der Waals surface area contributed by atoms with Crippen LogP contribution in [0.5, 0.6) is 0 Å². The highest BCUT2D eigenvalue weighted by molar-refractivity contribution is 5.97. The lowest BCUT2D eigenvalue weighted by Crippen LogP contribution is -2.38. The molecule has 3 N–H and O–H groups in total. The fourth-order valence-electron chi connectivity index (χ4n) is 5.22. The highest BCUT2D eigenvalue weighted by atomic mass is 16.5. The smallest absolute Gasteiger partial charge is 0.269 e. The molecule has 0 spiro atoms. The van der Waals surface area contributed by atoms with Gasteiger partial charge in [0.1, 0.15) is 0 Å². The van der Waals surface area contributed by atoms with Crippen LogP contribution in [0.1, 0.15) is 66.2 Å². The molecule has 9 heteroatoms. The third-order valence-electron chi connectivity index (χ3n) is 7.77. The van der Waals surface area contributed by atoms with Crippen molar-refractivity contribution in [2.75, 3.05) is 58.8 Å². The van der Waals surface area contributed by atoms with Crippen molar-refractivity contribution >= 4 is 11.6 Å². The highest BCUT2D eigenvalue weighted by Gasteiger charge is 2.17. The van der Waals surface area contributed by atoms with Crippen molar-refractivity contribution in [3.05, 3.63) is 50.9 Å². The van der Waals surface area contributed by atoms with Crippen molar-refractivity contribution in [2.45, 2.75) is 72.0 Å². The fourth-order valence-corrected chi connectivity index (χ4v) is 5.22. The normalized spacial score (nSPS) is 16.7. The van der Waals surface area contributed by atoms with Crippen LogP contribution in [0.3, 0.4) is 0 Å². The Hall–Kier alpha value is -2.62. The first-order valence-electron chi connectivity index (χ1n) is 14.2. The number of amides is 1. The van der Waals surface area contributed by atoms with Gasteiger partial charge in [0, 0.05) is 49.2 Å². The van der Waals surface area contributed by atoms with Crippen LogP contribution in [0.25, 0.3) is 0 Å². The molecule has 4 rings (SSSR count). The first-order valence-corrected chi connectivity index (χ1v) is 14.2. The van der Waals surface area contributed by atoms with Gasteiger partial charge < -0.3 is 20.3 Å². The Bertz CT molecular complexity index is 1060. The number of aromatic nitrogens is 2. The molecular formula is C29H48N6O3. The summed E-state index contributed by atoms with van der Waals surface area (Å²) in [5.41, 5.74) is 3.78. The van der Waals surface area contributed by atoms with Crippen LogP contribution in [0.4, 0.5) is 5.69 Å². The van der Waals surface area contributed by atoms with E-state index in [1.807, 2.05) is 37.6 Å². The summed E-state index contributed by atoms with van der Waals surface area (Å²) in [6.07, 6.45) is 7.20. The number of benzene rings is 1.